The average Bonchev–Trinajstić information content (AvgIpc) is 2.47. The zero-order chi connectivity index (χ0) is 14.2. The molecule has 20 heavy (non-hydrogen) atoms. The Morgan fingerprint density at radius 2 is 1.95 bits per heavy atom. The monoisotopic (exact) mass is 282 g/mol. The Labute approximate surface area is 124 Å². The second-order valence-corrected chi connectivity index (χ2v) is 6.63. The van der Waals surface area contributed by atoms with E-state index in [4.69, 9.17) is 4.74 Å². The van der Waals surface area contributed by atoms with Gasteiger partial charge in [0.15, 0.2) is 4.93 Å². The second kappa shape index (κ2) is 5.02. The highest BCUT2D eigenvalue weighted by molar-refractivity contribution is 7.99. The zero-order valence-corrected chi connectivity index (χ0v) is 12.7. The first-order valence-corrected chi connectivity index (χ1v) is 7.75. The molecule has 1 nitrogen and oxygen atoms in total. The van der Waals surface area contributed by atoms with E-state index in [0.717, 1.165) is 17.1 Å². The van der Waals surface area contributed by atoms with E-state index in [-0.39, 0.29) is 4.93 Å². The van der Waals surface area contributed by atoms with E-state index in [1.165, 1.54) is 16.7 Å². The van der Waals surface area contributed by atoms with Crippen molar-refractivity contribution in [3.8, 4) is 5.75 Å². The highest BCUT2D eigenvalue weighted by Gasteiger charge is 2.34. The maximum atomic E-state index is 6.27. The molecule has 1 aliphatic heterocycles. The van der Waals surface area contributed by atoms with Crippen molar-refractivity contribution in [2.75, 3.05) is 0 Å². The van der Waals surface area contributed by atoms with Crippen molar-refractivity contribution in [1.82, 2.24) is 0 Å². The van der Waals surface area contributed by atoms with Crippen LogP contribution in [0.4, 0.5) is 0 Å². The van der Waals surface area contributed by atoms with Crippen LogP contribution < -0.4 is 4.74 Å². The van der Waals surface area contributed by atoms with Crippen molar-refractivity contribution in [2.45, 2.75) is 24.5 Å². The first-order valence-electron chi connectivity index (χ1n) is 6.76. The van der Waals surface area contributed by atoms with E-state index in [1.807, 2.05) is 17.8 Å². The molecule has 2 aromatic carbocycles. The van der Waals surface area contributed by atoms with E-state index in [0.29, 0.717) is 0 Å². The molecule has 2 aromatic rings. The van der Waals surface area contributed by atoms with Crippen LogP contribution in [0, 0.1) is 6.92 Å². The third kappa shape index (κ3) is 2.36. The van der Waals surface area contributed by atoms with Crippen LogP contribution >= 0.6 is 11.8 Å². The molecule has 1 heterocycles. The van der Waals surface area contributed by atoms with Gasteiger partial charge in [-0.15, -0.1) is 11.8 Å². The van der Waals surface area contributed by atoms with Gasteiger partial charge in [0, 0.05) is 16.9 Å². The van der Waals surface area contributed by atoms with Crippen LogP contribution in [0.25, 0.3) is 6.08 Å². The van der Waals surface area contributed by atoms with Crippen molar-refractivity contribution in [2.24, 2.45) is 0 Å². The number of thioether (sulfide) groups is 1. The van der Waals surface area contributed by atoms with Crippen LogP contribution in [-0.2, 0) is 10.7 Å². The molecule has 1 unspecified atom stereocenters. The summed E-state index contributed by atoms with van der Waals surface area (Å²) in [7, 11) is 0. The summed E-state index contributed by atoms with van der Waals surface area (Å²) in [6.45, 7) is 8.07. The topological polar surface area (TPSA) is 9.23 Å². The molecule has 0 saturated carbocycles. The van der Waals surface area contributed by atoms with Crippen LogP contribution in [0.3, 0.4) is 0 Å². The highest BCUT2D eigenvalue weighted by Crippen LogP contribution is 2.46. The van der Waals surface area contributed by atoms with Gasteiger partial charge < -0.3 is 4.74 Å². The Balaban J connectivity index is 1.94. The molecule has 0 N–H and O–H groups in total. The van der Waals surface area contributed by atoms with Gasteiger partial charge in [-0.3, -0.25) is 0 Å². The van der Waals surface area contributed by atoms with Crippen LogP contribution in [0.1, 0.15) is 29.2 Å². The number of aryl methyl sites for hydroxylation is 1. The van der Waals surface area contributed by atoms with Crippen molar-refractivity contribution in [3.63, 3.8) is 0 Å². The quantitative estimate of drug-likeness (QED) is 0.754. The number of rotatable bonds is 2. The highest BCUT2D eigenvalue weighted by atomic mass is 32.2. The molecule has 0 saturated heterocycles. The molecular weight excluding hydrogens is 264 g/mol. The van der Waals surface area contributed by atoms with E-state index in [1.54, 1.807) is 0 Å². The summed E-state index contributed by atoms with van der Waals surface area (Å²) >= 11 is 1.83. The molecule has 3 rings (SSSR count). The fraction of sp³-hybridized carbons (Fsp3) is 0.222. The smallest absolute Gasteiger partial charge is 0.177 e. The fourth-order valence-electron chi connectivity index (χ4n) is 2.39. The van der Waals surface area contributed by atoms with Crippen molar-refractivity contribution >= 4 is 17.8 Å². The minimum absolute atomic E-state index is 0.309. The standard InChI is InChI=1S/C18H18OS/c1-4-14-7-10-17-15(11-14)12-20-18(3,19-17)16-8-5-13(2)6-9-16/h4-11H,1,12H2,2-3H3. The van der Waals surface area contributed by atoms with Crippen LogP contribution in [0.15, 0.2) is 49.0 Å². The van der Waals surface area contributed by atoms with Crippen LogP contribution in [-0.4, -0.2) is 0 Å². The van der Waals surface area contributed by atoms with Crippen molar-refractivity contribution in [3.05, 3.63) is 71.3 Å². The Bertz CT molecular complexity index is 645. The molecule has 1 aliphatic rings. The summed E-state index contributed by atoms with van der Waals surface area (Å²) in [6, 6.07) is 14.9. The third-order valence-electron chi connectivity index (χ3n) is 3.70. The Morgan fingerprint density at radius 3 is 2.65 bits per heavy atom. The molecular formula is C18H18OS. The van der Waals surface area contributed by atoms with Crippen molar-refractivity contribution < 1.29 is 4.74 Å². The maximum absolute atomic E-state index is 6.27. The molecule has 0 aromatic heterocycles. The number of hydrogen-bond donors (Lipinski definition) is 0. The van der Waals surface area contributed by atoms with Gasteiger partial charge in [0.05, 0.1) is 0 Å². The van der Waals surface area contributed by atoms with Gasteiger partial charge in [-0.1, -0.05) is 48.6 Å². The largest absolute Gasteiger partial charge is 0.472 e. The first kappa shape index (κ1) is 13.3. The fourth-order valence-corrected chi connectivity index (χ4v) is 3.50. The second-order valence-electron chi connectivity index (χ2n) is 5.27. The molecule has 0 spiro atoms. The molecule has 0 amide bonds. The van der Waals surface area contributed by atoms with E-state index in [9.17, 15) is 0 Å². The lowest BCUT2D eigenvalue weighted by Gasteiger charge is -2.35. The molecule has 0 aliphatic carbocycles. The molecule has 2 heteroatoms. The summed E-state index contributed by atoms with van der Waals surface area (Å²) in [6.07, 6.45) is 1.87. The Morgan fingerprint density at radius 1 is 1.20 bits per heavy atom. The summed E-state index contributed by atoms with van der Waals surface area (Å²) in [5.74, 6) is 1.94. The van der Waals surface area contributed by atoms with Gasteiger partial charge in [0.1, 0.15) is 5.75 Å². The summed E-state index contributed by atoms with van der Waals surface area (Å²) < 4.78 is 6.27. The van der Waals surface area contributed by atoms with Gasteiger partial charge in [-0.05, 0) is 31.5 Å². The molecule has 0 radical (unpaired) electrons. The van der Waals surface area contributed by atoms with Crippen LogP contribution in [0.2, 0.25) is 0 Å². The molecule has 1 atom stereocenters. The maximum Gasteiger partial charge on any atom is 0.177 e. The minimum atomic E-state index is -0.309. The van der Waals surface area contributed by atoms with Gasteiger partial charge in [-0.25, -0.2) is 0 Å². The predicted octanol–water partition coefficient (Wildman–Crippen LogP) is 5.14. The van der Waals surface area contributed by atoms with E-state index < -0.39 is 0 Å². The molecule has 102 valence electrons. The van der Waals surface area contributed by atoms with Gasteiger partial charge >= 0.3 is 0 Å². The normalized spacial score (nSPS) is 20.9. The van der Waals surface area contributed by atoms with Gasteiger partial charge in [0.25, 0.3) is 0 Å². The predicted molar refractivity (Wildman–Crippen MR) is 87.0 cm³/mol. The van der Waals surface area contributed by atoms with Gasteiger partial charge in [-0.2, -0.15) is 0 Å². The Kier molecular flexibility index (Phi) is 3.35. The number of hydrogen-bond acceptors (Lipinski definition) is 2. The minimum Gasteiger partial charge on any atom is -0.472 e. The third-order valence-corrected chi connectivity index (χ3v) is 5.03. The number of ether oxygens (including phenoxy) is 1. The van der Waals surface area contributed by atoms with Crippen LogP contribution in [0.5, 0.6) is 5.75 Å². The summed E-state index contributed by atoms with van der Waals surface area (Å²) in [5.41, 5.74) is 4.88. The number of benzene rings is 2. The lowest BCUT2D eigenvalue weighted by Crippen LogP contribution is -2.29. The summed E-state index contributed by atoms with van der Waals surface area (Å²) in [4.78, 5) is -0.309. The molecule has 0 bridgehead atoms. The Hall–Kier alpha value is -1.67. The number of fused-ring (bicyclic) bond motifs is 1. The lowest BCUT2D eigenvalue weighted by atomic mass is 10.1. The molecule has 0 fully saturated rings. The first-order chi connectivity index (χ1) is 9.60. The average molecular weight is 282 g/mol. The van der Waals surface area contributed by atoms with E-state index in [2.05, 4.69) is 62.9 Å². The summed E-state index contributed by atoms with van der Waals surface area (Å²) in [5, 5.41) is 0. The lowest BCUT2D eigenvalue weighted by molar-refractivity contribution is 0.182. The van der Waals surface area contributed by atoms with E-state index >= 15 is 0 Å². The zero-order valence-electron chi connectivity index (χ0n) is 11.8. The van der Waals surface area contributed by atoms with Gasteiger partial charge in [0.2, 0.25) is 0 Å². The van der Waals surface area contributed by atoms with Crippen molar-refractivity contribution in [1.29, 1.82) is 0 Å². The SMILES string of the molecule is C=Cc1ccc2c(c1)CSC(C)(c1ccc(C)cc1)O2.